The Hall–Kier alpha value is -0.690. The van der Waals surface area contributed by atoms with E-state index in [0.29, 0.717) is 12.3 Å². The van der Waals surface area contributed by atoms with Gasteiger partial charge in [-0.25, -0.2) is 0 Å². The molecule has 0 aliphatic carbocycles. The van der Waals surface area contributed by atoms with E-state index < -0.39 is 37.8 Å². The van der Waals surface area contributed by atoms with Crippen LogP contribution in [0.4, 0.5) is 0 Å². The van der Waals surface area contributed by atoms with Gasteiger partial charge in [0.05, 0.1) is 31.8 Å². The summed E-state index contributed by atoms with van der Waals surface area (Å²) in [5.74, 6) is -0.189. The number of aliphatic carboxylic acids is 1. The average molecular weight is 575 g/mol. The first-order valence-corrected chi connectivity index (χ1v) is 17.1. The first-order valence-electron chi connectivity index (χ1n) is 17.1. The number of hydrogen-bond acceptors (Lipinski definition) is 5. The van der Waals surface area contributed by atoms with E-state index in [1.54, 1.807) is 0 Å². The van der Waals surface area contributed by atoms with Gasteiger partial charge in [-0.2, -0.15) is 0 Å². The Morgan fingerprint density at radius 2 is 0.725 bits per heavy atom. The zero-order valence-corrected chi connectivity index (χ0v) is 26.7. The monoisotopic (exact) mass is 575 g/mol. The largest absolute Gasteiger partial charge is 0.481 e. The van der Waals surface area contributed by atoms with Crippen LogP contribution in [-0.2, 0) is 4.79 Å². The van der Waals surface area contributed by atoms with E-state index in [2.05, 4.69) is 13.8 Å². The molecule has 6 heteroatoms. The Morgan fingerprint density at radius 1 is 0.475 bits per heavy atom. The number of aliphatic hydroxyl groups excluding tert-OH is 4. The highest BCUT2D eigenvalue weighted by molar-refractivity contribution is 5.66. The molecule has 5 N–H and O–H groups in total. The molecule has 0 aliphatic heterocycles. The lowest BCUT2D eigenvalue weighted by Crippen LogP contribution is -2.37. The number of rotatable bonds is 30. The number of aliphatic hydroxyl groups is 4. The first-order chi connectivity index (χ1) is 19.4. The van der Waals surface area contributed by atoms with Gasteiger partial charge >= 0.3 is 5.97 Å². The maximum atomic E-state index is 11.2. The quantitative estimate of drug-likeness (QED) is 0.0550. The molecule has 0 aliphatic rings. The summed E-state index contributed by atoms with van der Waals surface area (Å²) < 4.78 is 0. The van der Waals surface area contributed by atoms with E-state index in [4.69, 9.17) is 20.4 Å². The molecule has 1 unspecified atom stereocenters. The third-order valence-corrected chi connectivity index (χ3v) is 8.24. The summed E-state index contributed by atoms with van der Waals surface area (Å²) in [6.07, 6.45) is 32.7. The molecule has 0 aromatic heterocycles. The zero-order chi connectivity index (χ0) is 30.2. The second-order valence-corrected chi connectivity index (χ2v) is 12.2. The molecule has 0 spiro atoms. The third kappa shape index (κ3) is 28.8. The van der Waals surface area contributed by atoms with Crippen LogP contribution in [0.2, 0.25) is 0 Å². The number of carbonyl (C=O) groups is 1. The molecule has 0 aromatic carbocycles. The Kier molecular flexibility index (Phi) is 34.0. The Balaban J connectivity index is 0. The van der Waals surface area contributed by atoms with Crippen molar-refractivity contribution in [1.82, 2.24) is 0 Å². The number of carboxylic acids is 1. The van der Waals surface area contributed by atoms with Crippen molar-refractivity contribution < 1.29 is 30.3 Å². The van der Waals surface area contributed by atoms with Gasteiger partial charge in [-0.3, -0.25) is 4.79 Å². The van der Waals surface area contributed by atoms with Crippen LogP contribution in [0.1, 0.15) is 174 Å². The zero-order valence-electron chi connectivity index (χ0n) is 26.7. The predicted octanol–water partition coefficient (Wildman–Crippen LogP) is 8.42. The first kappa shape index (κ1) is 41.4. The molecule has 0 bridgehead atoms. The van der Waals surface area contributed by atoms with Crippen molar-refractivity contribution in [3.8, 4) is 0 Å². The summed E-state index contributed by atoms with van der Waals surface area (Å²) in [5.41, 5.74) is -1.11. The fourth-order valence-electron chi connectivity index (χ4n) is 5.09. The number of carboxylic acid groups (broad SMARTS) is 1. The van der Waals surface area contributed by atoms with Gasteiger partial charge in [0.2, 0.25) is 0 Å². The van der Waals surface area contributed by atoms with E-state index in [-0.39, 0.29) is 0 Å². The second kappa shape index (κ2) is 32.8. The summed E-state index contributed by atoms with van der Waals surface area (Å²) in [6, 6.07) is 0. The fourth-order valence-corrected chi connectivity index (χ4v) is 5.09. The minimum atomic E-state index is -1.11. The highest BCUT2D eigenvalue weighted by atomic mass is 16.4. The van der Waals surface area contributed by atoms with Crippen LogP contribution in [0.5, 0.6) is 0 Å². The number of unbranched alkanes of at least 4 members (excludes halogenated alkanes) is 20. The molecule has 0 rings (SSSR count). The van der Waals surface area contributed by atoms with E-state index in [0.717, 1.165) is 12.8 Å². The van der Waals surface area contributed by atoms with Gasteiger partial charge in [0.1, 0.15) is 0 Å². The molecule has 0 radical (unpaired) electrons. The Bertz CT molecular complexity index is 477. The van der Waals surface area contributed by atoms with Gasteiger partial charge in [-0.05, 0) is 18.8 Å². The normalized spacial score (nSPS) is 12.2. The summed E-state index contributed by atoms with van der Waals surface area (Å²) >= 11 is 0. The van der Waals surface area contributed by atoms with Crippen LogP contribution >= 0.6 is 0 Å². The number of hydrogen-bond donors (Lipinski definition) is 5. The smallest absolute Gasteiger partial charge is 0.303 e. The predicted molar refractivity (Wildman–Crippen MR) is 169 cm³/mol. The van der Waals surface area contributed by atoms with Crippen molar-refractivity contribution in [2.75, 3.05) is 26.4 Å². The van der Waals surface area contributed by atoms with Gasteiger partial charge in [-0.1, -0.05) is 155 Å². The van der Waals surface area contributed by atoms with E-state index >= 15 is 0 Å². The summed E-state index contributed by atoms with van der Waals surface area (Å²) in [7, 11) is 0. The molecule has 0 saturated carbocycles. The Morgan fingerprint density at radius 3 is 0.925 bits per heavy atom. The van der Waals surface area contributed by atoms with Gasteiger partial charge in [-0.15, -0.1) is 0 Å². The van der Waals surface area contributed by atoms with Crippen molar-refractivity contribution in [2.45, 2.75) is 174 Å². The van der Waals surface area contributed by atoms with Crippen LogP contribution in [0.15, 0.2) is 0 Å². The molecule has 0 aromatic rings. The third-order valence-electron chi connectivity index (χ3n) is 8.24. The lowest BCUT2D eigenvalue weighted by atomic mass is 9.91. The lowest BCUT2D eigenvalue weighted by Gasteiger charge is -2.23. The standard InChI is InChI=1S/C29H58O2.C5H12O4/c1-3-5-7-9-11-13-15-16-18-20-22-24-26-28(27-29(30)31)25-23-21-19-17-14-12-10-8-6-4-2;6-1-5(2-7,3-8)4-9/h28H,3-27H2,1-2H3,(H,30,31);6-9H,1-4H2. The molecule has 0 amide bonds. The van der Waals surface area contributed by atoms with Crippen molar-refractivity contribution in [1.29, 1.82) is 0 Å². The summed E-state index contributed by atoms with van der Waals surface area (Å²) in [6.45, 7) is 2.93. The van der Waals surface area contributed by atoms with Gasteiger partial charge in [0.25, 0.3) is 0 Å². The molecule has 242 valence electrons. The molecular formula is C34H70O6. The van der Waals surface area contributed by atoms with Crippen molar-refractivity contribution in [3.05, 3.63) is 0 Å². The van der Waals surface area contributed by atoms with Crippen LogP contribution in [0.3, 0.4) is 0 Å². The minimum Gasteiger partial charge on any atom is -0.481 e. The SMILES string of the molecule is CCCCCCCCCCCCCCC(CCCCCCCCCCCC)CC(=O)O.OCC(CO)(CO)CO. The van der Waals surface area contributed by atoms with Gasteiger partial charge in [0, 0.05) is 6.42 Å². The molecule has 0 fully saturated rings. The molecule has 0 saturated heterocycles. The van der Waals surface area contributed by atoms with Crippen molar-refractivity contribution in [3.63, 3.8) is 0 Å². The highest BCUT2D eigenvalue weighted by Gasteiger charge is 2.26. The molecule has 0 heterocycles. The van der Waals surface area contributed by atoms with E-state index in [9.17, 15) is 9.90 Å². The Labute approximate surface area is 248 Å². The van der Waals surface area contributed by atoms with E-state index in [1.165, 1.54) is 141 Å². The van der Waals surface area contributed by atoms with Crippen LogP contribution in [0, 0.1) is 11.3 Å². The van der Waals surface area contributed by atoms with Crippen molar-refractivity contribution >= 4 is 5.97 Å². The summed E-state index contributed by atoms with van der Waals surface area (Å²) in [4.78, 5) is 11.2. The van der Waals surface area contributed by atoms with E-state index in [1.807, 2.05) is 0 Å². The van der Waals surface area contributed by atoms with Gasteiger partial charge in [0.15, 0.2) is 0 Å². The van der Waals surface area contributed by atoms with Crippen LogP contribution in [0.25, 0.3) is 0 Å². The maximum absolute atomic E-state index is 11.2. The van der Waals surface area contributed by atoms with Gasteiger partial charge < -0.3 is 25.5 Å². The lowest BCUT2D eigenvalue weighted by molar-refractivity contribution is -0.138. The molecule has 6 nitrogen and oxygen atoms in total. The molecule has 40 heavy (non-hydrogen) atoms. The van der Waals surface area contributed by atoms with Crippen LogP contribution in [-0.4, -0.2) is 57.9 Å². The minimum absolute atomic E-state index is 0.384. The second-order valence-electron chi connectivity index (χ2n) is 12.2. The average Bonchev–Trinajstić information content (AvgIpc) is 2.96. The topological polar surface area (TPSA) is 118 Å². The highest BCUT2D eigenvalue weighted by Crippen LogP contribution is 2.22. The molecular weight excluding hydrogens is 504 g/mol. The maximum Gasteiger partial charge on any atom is 0.303 e. The summed E-state index contributed by atoms with van der Waals surface area (Å²) in [5, 5.41) is 43.2. The fraction of sp³-hybridized carbons (Fsp3) is 0.971. The van der Waals surface area contributed by atoms with Crippen LogP contribution < -0.4 is 0 Å². The molecule has 1 atom stereocenters. The van der Waals surface area contributed by atoms with Crippen molar-refractivity contribution in [2.24, 2.45) is 11.3 Å².